The van der Waals surface area contributed by atoms with Crippen LogP contribution in [0.2, 0.25) is 0 Å². The molecular weight excluding hydrogens is 176 g/mol. The molecule has 0 spiro atoms. The van der Waals surface area contributed by atoms with Gasteiger partial charge in [-0.05, 0) is 13.2 Å². The minimum Gasteiger partial charge on any atom is -0.348 e. The zero-order valence-electron chi connectivity index (χ0n) is 7.29. The standard InChI is InChI=1S/C7H14N2O2S/c1-5(10)3-9-7(11)6(8)4-12-2/h6H,3-4,8H2,1-2H3,(H,9,11)/t6-/m0/s1. The van der Waals surface area contributed by atoms with E-state index in [1.807, 2.05) is 6.26 Å². The number of hydrogen-bond donors (Lipinski definition) is 2. The number of nitrogens with one attached hydrogen (secondary N) is 1. The molecule has 0 aromatic carbocycles. The molecule has 12 heavy (non-hydrogen) atoms. The van der Waals surface area contributed by atoms with Crippen LogP contribution in [-0.4, -0.2) is 36.3 Å². The molecule has 0 unspecified atom stereocenters. The van der Waals surface area contributed by atoms with Crippen molar-refractivity contribution in [3.8, 4) is 0 Å². The van der Waals surface area contributed by atoms with E-state index in [1.165, 1.54) is 18.7 Å². The second kappa shape index (κ2) is 6.02. The highest BCUT2D eigenvalue weighted by Crippen LogP contribution is 1.93. The number of thioether (sulfide) groups is 1. The van der Waals surface area contributed by atoms with Crippen LogP contribution in [0.5, 0.6) is 0 Å². The minimum atomic E-state index is -0.514. The Morgan fingerprint density at radius 1 is 1.58 bits per heavy atom. The molecular formula is C7H14N2O2S. The Balaban J connectivity index is 3.64. The van der Waals surface area contributed by atoms with Crippen molar-refractivity contribution in [1.82, 2.24) is 5.32 Å². The highest BCUT2D eigenvalue weighted by Gasteiger charge is 2.11. The second-order valence-corrected chi connectivity index (χ2v) is 3.39. The molecule has 5 heteroatoms. The van der Waals surface area contributed by atoms with Crippen LogP contribution in [-0.2, 0) is 9.59 Å². The lowest BCUT2D eigenvalue weighted by Gasteiger charge is -2.08. The molecule has 1 atom stereocenters. The Morgan fingerprint density at radius 3 is 2.58 bits per heavy atom. The second-order valence-electron chi connectivity index (χ2n) is 2.48. The van der Waals surface area contributed by atoms with Crippen molar-refractivity contribution in [2.75, 3.05) is 18.6 Å². The van der Waals surface area contributed by atoms with Crippen LogP contribution in [0.15, 0.2) is 0 Å². The normalized spacial score (nSPS) is 12.2. The number of Topliss-reactive ketones (excluding diaryl/α,β-unsaturated/α-hetero) is 1. The largest absolute Gasteiger partial charge is 0.348 e. The van der Waals surface area contributed by atoms with Gasteiger partial charge in [-0.15, -0.1) is 0 Å². The Morgan fingerprint density at radius 2 is 2.17 bits per heavy atom. The summed E-state index contributed by atoms with van der Waals surface area (Å²) < 4.78 is 0. The number of carbonyl (C=O) groups excluding carboxylic acids is 2. The van der Waals surface area contributed by atoms with Gasteiger partial charge in [0.1, 0.15) is 5.78 Å². The SMILES string of the molecule is CSC[C@H](N)C(=O)NCC(C)=O. The average Bonchev–Trinajstić information content (AvgIpc) is 2.00. The van der Waals surface area contributed by atoms with Gasteiger partial charge >= 0.3 is 0 Å². The molecule has 0 heterocycles. The summed E-state index contributed by atoms with van der Waals surface area (Å²) in [5.74, 6) is 0.239. The zero-order chi connectivity index (χ0) is 9.56. The van der Waals surface area contributed by atoms with E-state index < -0.39 is 6.04 Å². The van der Waals surface area contributed by atoms with Crippen molar-refractivity contribution in [2.24, 2.45) is 5.73 Å². The molecule has 1 amide bonds. The monoisotopic (exact) mass is 190 g/mol. The Labute approximate surface area is 76.3 Å². The van der Waals surface area contributed by atoms with E-state index >= 15 is 0 Å². The van der Waals surface area contributed by atoms with Gasteiger partial charge in [0.2, 0.25) is 5.91 Å². The van der Waals surface area contributed by atoms with E-state index in [1.54, 1.807) is 0 Å². The third-order valence-corrected chi connectivity index (χ3v) is 1.89. The van der Waals surface area contributed by atoms with Crippen molar-refractivity contribution in [2.45, 2.75) is 13.0 Å². The molecule has 0 saturated carbocycles. The third kappa shape index (κ3) is 5.15. The van der Waals surface area contributed by atoms with E-state index in [0.717, 1.165) is 0 Å². The van der Waals surface area contributed by atoms with Crippen molar-refractivity contribution < 1.29 is 9.59 Å². The number of hydrogen-bond acceptors (Lipinski definition) is 4. The highest BCUT2D eigenvalue weighted by molar-refractivity contribution is 7.98. The van der Waals surface area contributed by atoms with Gasteiger partial charge < -0.3 is 11.1 Å². The average molecular weight is 190 g/mol. The first-order chi connectivity index (χ1) is 5.57. The van der Waals surface area contributed by atoms with Gasteiger partial charge in [0.15, 0.2) is 0 Å². The molecule has 0 aromatic heterocycles. The molecule has 4 nitrogen and oxygen atoms in total. The zero-order valence-corrected chi connectivity index (χ0v) is 8.11. The van der Waals surface area contributed by atoms with Crippen molar-refractivity contribution in [1.29, 1.82) is 0 Å². The van der Waals surface area contributed by atoms with Gasteiger partial charge in [-0.1, -0.05) is 0 Å². The first-order valence-electron chi connectivity index (χ1n) is 3.59. The number of carbonyl (C=O) groups is 2. The third-order valence-electron chi connectivity index (χ3n) is 1.19. The summed E-state index contributed by atoms with van der Waals surface area (Å²) in [5.41, 5.74) is 5.47. The number of amides is 1. The molecule has 0 radical (unpaired) electrons. The lowest BCUT2D eigenvalue weighted by atomic mass is 10.3. The van der Waals surface area contributed by atoms with Crippen molar-refractivity contribution >= 4 is 23.5 Å². The van der Waals surface area contributed by atoms with Gasteiger partial charge in [0.25, 0.3) is 0 Å². The number of ketones is 1. The fourth-order valence-corrected chi connectivity index (χ4v) is 1.11. The van der Waals surface area contributed by atoms with Gasteiger partial charge in [-0.25, -0.2) is 0 Å². The maximum absolute atomic E-state index is 11.0. The molecule has 0 aliphatic heterocycles. The molecule has 0 rings (SSSR count). The summed E-state index contributed by atoms with van der Waals surface area (Å²) in [6, 6.07) is -0.514. The Kier molecular flexibility index (Phi) is 5.74. The fourth-order valence-electron chi connectivity index (χ4n) is 0.598. The summed E-state index contributed by atoms with van der Waals surface area (Å²) in [5, 5.41) is 2.44. The van der Waals surface area contributed by atoms with Crippen LogP contribution < -0.4 is 11.1 Å². The lowest BCUT2D eigenvalue weighted by molar-refractivity contribution is -0.125. The van der Waals surface area contributed by atoms with Gasteiger partial charge in [0.05, 0.1) is 12.6 Å². The maximum Gasteiger partial charge on any atom is 0.238 e. The Bertz CT molecular complexity index is 173. The van der Waals surface area contributed by atoms with Gasteiger partial charge in [-0.3, -0.25) is 9.59 Å². The van der Waals surface area contributed by atoms with Crippen LogP contribution >= 0.6 is 11.8 Å². The van der Waals surface area contributed by atoms with E-state index in [9.17, 15) is 9.59 Å². The summed E-state index contributed by atoms with van der Waals surface area (Å²) in [7, 11) is 0. The Hall–Kier alpha value is -0.550. The van der Waals surface area contributed by atoms with Crippen molar-refractivity contribution in [3.63, 3.8) is 0 Å². The van der Waals surface area contributed by atoms with Crippen LogP contribution in [0.3, 0.4) is 0 Å². The minimum absolute atomic E-state index is 0.0697. The number of nitrogens with two attached hydrogens (primary N) is 1. The van der Waals surface area contributed by atoms with Crippen LogP contribution in [0, 0.1) is 0 Å². The van der Waals surface area contributed by atoms with E-state index in [4.69, 9.17) is 5.73 Å². The van der Waals surface area contributed by atoms with E-state index in [0.29, 0.717) is 5.75 Å². The topological polar surface area (TPSA) is 72.2 Å². The predicted octanol–water partition coefficient (Wildman–Crippen LogP) is -0.618. The molecule has 0 aliphatic carbocycles. The van der Waals surface area contributed by atoms with E-state index in [2.05, 4.69) is 5.32 Å². The fraction of sp³-hybridized carbons (Fsp3) is 0.714. The van der Waals surface area contributed by atoms with Crippen LogP contribution in [0.25, 0.3) is 0 Å². The molecule has 3 N–H and O–H groups in total. The molecule has 0 saturated heterocycles. The van der Waals surface area contributed by atoms with Gasteiger partial charge in [-0.2, -0.15) is 11.8 Å². The first-order valence-corrected chi connectivity index (χ1v) is 4.99. The first kappa shape index (κ1) is 11.4. The lowest BCUT2D eigenvalue weighted by Crippen LogP contribution is -2.43. The van der Waals surface area contributed by atoms with Crippen molar-refractivity contribution in [3.05, 3.63) is 0 Å². The van der Waals surface area contributed by atoms with E-state index in [-0.39, 0.29) is 18.2 Å². The van der Waals surface area contributed by atoms with Gasteiger partial charge in [0, 0.05) is 5.75 Å². The summed E-state index contributed by atoms with van der Waals surface area (Å²) in [6.07, 6.45) is 1.87. The quantitative estimate of drug-likeness (QED) is 0.606. The molecule has 0 aliphatic rings. The molecule has 0 bridgehead atoms. The van der Waals surface area contributed by atoms with Crippen LogP contribution in [0.4, 0.5) is 0 Å². The molecule has 0 fully saturated rings. The summed E-state index contributed by atoms with van der Waals surface area (Å²) in [4.78, 5) is 21.5. The summed E-state index contributed by atoms with van der Waals surface area (Å²) >= 11 is 1.50. The van der Waals surface area contributed by atoms with Crippen LogP contribution in [0.1, 0.15) is 6.92 Å². The smallest absolute Gasteiger partial charge is 0.238 e. The predicted molar refractivity (Wildman–Crippen MR) is 50.0 cm³/mol. The molecule has 70 valence electrons. The summed E-state index contributed by atoms with van der Waals surface area (Å²) in [6.45, 7) is 1.49. The highest BCUT2D eigenvalue weighted by atomic mass is 32.2. The molecule has 0 aromatic rings. The number of rotatable bonds is 5. The maximum atomic E-state index is 11.0.